The van der Waals surface area contributed by atoms with Gasteiger partial charge in [-0.2, -0.15) is 0 Å². The number of aromatic nitrogens is 1. The van der Waals surface area contributed by atoms with Gasteiger partial charge in [-0.3, -0.25) is 0 Å². The molecule has 3 aromatic rings. The third kappa shape index (κ3) is 3.83. The monoisotopic (exact) mass is 377 g/mol. The minimum absolute atomic E-state index is 0.169. The fourth-order valence-corrected chi connectivity index (χ4v) is 3.06. The van der Waals surface area contributed by atoms with Gasteiger partial charge in [-0.1, -0.05) is 48.0 Å². The average Bonchev–Trinajstić information content (AvgIpc) is 3.10. The van der Waals surface area contributed by atoms with Gasteiger partial charge in [-0.15, -0.1) is 0 Å². The number of rotatable bonds is 6. The van der Waals surface area contributed by atoms with E-state index in [2.05, 4.69) is 0 Å². The molecule has 144 valence electrons. The van der Waals surface area contributed by atoms with Gasteiger partial charge in [0.1, 0.15) is 5.69 Å². The summed E-state index contributed by atoms with van der Waals surface area (Å²) in [5.41, 5.74) is 3.85. The molecule has 28 heavy (non-hydrogen) atoms. The van der Waals surface area contributed by atoms with E-state index in [4.69, 9.17) is 9.47 Å². The van der Waals surface area contributed by atoms with Crippen LogP contribution < -0.4 is 0 Å². The Kier molecular flexibility index (Phi) is 5.94. The number of ether oxygens (including phenoxy) is 2. The highest BCUT2D eigenvalue weighted by molar-refractivity contribution is 6.04. The van der Waals surface area contributed by atoms with Crippen molar-refractivity contribution in [2.45, 2.75) is 20.8 Å². The highest BCUT2D eigenvalue weighted by Gasteiger charge is 2.28. The van der Waals surface area contributed by atoms with Gasteiger partial charge in [0.15, 0.2) is 0 Å². The number of esters is 2. The molecular formula is C23H23NO4. The molecule has 0 unspecified atom stereocenters. The fraction of sp³-hybridized carbons (Fsp3) is 0.217. The predicted molar refractivity (Wildman–Crippen MR) is 108 cm³/mol. The summed E-state index contributed by atoms with van der Waals surface area (Å²) in [6, 6.07) is 19.0. The van der Waals surface area contributed by atoms with Crippen LogP contribution in [0.5, 0.6) is 0 Å². The molecule has 0 bridgehead atoms. The Bertz CT molecular complexity index is 972. The summed E-state index contributed by atoms with van der Waals surface area (Å²) in [6.07, 6.45) is 0. The van der Waals surface area contributed by atoms with Crippen molar-refractivity contribution < 1.29 is 19.1 Å². The molecule has 0 spiro atoms. The maximum absolute atomic E-state index is 12.8. The van der Waals surface area contributed by atoms with Crippen LogP contribution in [0.2, 0.25) is 0 Å². The summed E-state index contributed by atoms with van der Waals surface area (Å²) >= 11 is 0. The minimum atomic E-state index is -0.562. The molecule has 1 heterocycles. The number of carbonyl (C=O) groups is 2. The molecule has 5 heteroatoms. The summed E-state index contributed by atoms with van der Waals surface area (Å²) in [6.45, 7) is 5.90. The fourth-order valence-electron chi connectivity index (χ4n) is 3.06. The Balaban J connectivity index is 2.31. The Morgan fingerprint density at radius 3 is 2.07 bits per heavy atom. The number of para-hydroxylation sites is 1. The normalized spacial score (nSPS) is 10.5. The second-order valence-electron chi connectivity index (χ2n) is 6.27. The summed E-state index contributed by atoms with van der Waals surface area (Å²) in [7, 11) is 0. The van der Waals surface area contributed by atoms with Gasteiger partial charge in [0.2, 0.25) is 0 Å². The third-order valence-corrected chi connectivity index (χ3v) is 4.33. The van der Waals surface area contributed by atoms with E-state index in [0.717, 1.165) is 22.5 Å². The molecule has 3 rings (SSSR count). The lowest BCUT2D eigenvalue weighted by Crippen LogP contribution is -2.17. The van der Waals surface area contributed by atoms with Gasteiger partial charge in [-0.25, -0.2) is 9.59 Å². The van der Waals surface area contributed by atoms with Crippen LogP contribution in [-0.2, 0) is 9.47 Å². The van der Waals surface area contributed by atoms with Crippen molar-refractivity contribution in [3.63, 3.8) is 0 Å². The van der Waals surface area contributed by atoms with Gasteiger partial charge in [0.25, 0.3) is 0 Å². The van der Waals surface area contributed by atoms with Gasteiger partial charge in [-0.05, 0) is 44.5 Å². The van der Waals surface area contributed by atoms with Crippen LogP contribution in [0.15, 0.2) is 60.7 Å². The molecule has 0 amide bonds. The standard InChI is InChI=1S/C23H23NO4/c1-4-27-22(25)19-15-20(17-13-11-16(3)12-14-17)24(18-9-7-6-8-10-18)21(19)23(26)28-5-2/h6-15H,4-5H2,1-3H3. The molecule has 0 radical (unpaired) electrons. The van der Waals surface area contributed by atoms with E-state index in [0.29, 0.717) is 0 Å². The molecule has 0 aliphatic carbocycles. The molecule has 0 atom stereocenters. The van der Waals surface area contributed by atoms with Crippen LogP contribution >= 0.6 is 0 Å². The number of hydrogen-bond donors (Lipinski definition) is 0. The summed E-state index contributed by atoms with van der Waals surface area (Å²) in [5.74, 6) is -1.11. The zero-order chi connectivity index (χ0) is 20.1. The zero-order valence-electron chi connectivity index (χ0n) is 16.3. The second-order valence-corrected chi connectivity index (χ2v) is 6.27. The van der Waals surface area contributed by atoms with E-state index in [1.165, 1.54) is 0 Å². The van der Waals surface area contributed by atoms with Crippen LogP contribution in [0.1, 0.15) is 40.3 Å². The van der Waals surface area contributed by atoms with E-state index in [-0.39, 0.29) is 24.5 Å². The first-order valence-corrected chi connectivity index (χ1v) is 9.29. The van der Waals surface area contributed by atoms with Crippen molar-refractivity contribution in [2.24, 2.45) is 0 Å². The quantitative estimate of drug-likeness (QED) is 0.579. The van der Waals surface area contributed by atoms with E-state index in [1.54, 1.807) is 24.5 Å². The Morgan fingerprint density at radius 1 is 0.857 bits per heavy atom. The lowest BCUT2D eigenvalue weighted by atomic mass is 10.1. The van der Waals surface area contributed by atoms with Crippen molar-refractivity contribution in [2.75, 3.05) is 13.2 Å². The average molecular weight is 377 g/mol. The lowest BCUT2D eigenvalue weighted by Gasteiger charge is -2.14. The molecule has 5 nitrogen and oxygen atoms in total. The maximum atomic E-state index is 12.8. The van der Waals surface area contributed by atoms with Crippen LogP contribution in [0.25, 0.3) is 16.9 Å². The van der Waals surface area contributed by atoms with Crippen molar-refractivity contribution in [1.29, 1.82) is 0 Å². The Morgan fingerprint density at radius 2 is 1.46 bits per heavy atom. The predicted octanol–water partition coefficient (Wildman–Crippen LogP) is 4.81. The van der Waals surface area contributed by atoms with Crippen LogP contribution in [0.4, 0.5) is 0 Å². The number of nitrogens with zero attached hydrogens (tertiary/aromatic N) is 1. The van der Waals surface area contributed by atoms with Gasteiger partial charge < -0.3 is 14.0 Å². The summed E-state index contributed by atoms with van der Waals surface area (Å²) in [4.78, 5) is 25.4. The second kappa shape index (κ2) is 8.57. The highest BCUT2D eigenvalue weighted by Crippen LogP contribution is 2.31. The van der Waals surface area contributed by atoms with Gasteiger partial charge >= 0.3 is 11.9 Å². The number of benzene rings is 2. The van der Waals surface area contributed by atoms with Gasteiger partial charge in [0, 0.05) is 5.69 Å². The van der Waals surface area contributed by atoms with E-state index >= 15 is 0 Å². The van der Waals surface area contributed by atoms with E-state index in [1.807, 2.05) is 61.5 Å². The molecule has 2 aromatic carbocycles. The number of carbonyl (C=O) groups excluding carboxylic acids is 2. The molecule has 1 aromatic heterocycles. The first-order chi connectivity index (χ1) is 13.6. The molecule has 0 aliphatic rings. The Hall–Kier alpha value is -3.34. The largest absolute Gasteiger partial charge is 0.462 e. The molecule has 0 saturated carbocycles. The first kappa shape index (κ1) is 19.4. The number of hydrogen-bond acceptors (Lipinski definition) is 4. The van der Waals surface area contributed by atoms with Gasteiger partial charge in [0.05, 0.1) is 24.5 Å². The molecule has 0 aliphatic heterocycles. The van der Waals surface area contributed by atoms with E-state index in [9.17, 15) is 9.59 Å². The van der Waals surface area contributed by atoms with Crippen LogP contribution in [0.3, 0.4) is 0 Å². The molecular weight excluding hydrogens is 354 g/mol. The zero-order valence-corrected chi connectivity index (χ0v) is 16.3. The maximum Gasteiger partial charge on any atom is 0.356 e. The molecule has 0 saturated heterocycles. The van der Waals surface area contributed by atoms with Crippen molar-refractivity contribution in [3.05, 3.63) is 77.5 Å². The SMILES string of the molecule is CCOC(=O)c1cc(-c2ccc(C)cc2)n(-c2ccccc2)c1C(=O)OCC. The topological polar surface area (TPSA) is 57.5 Å². The van der Waals surface area contributed by atoms with Crippen LogP contribution in [0, 0.1) is 6.92 Å². The van der Waals surface area contributed by atoms with Crippen LogP contribution in [-0.4, -0.2) is 29.7 Å². The van der Waals surface area contributed by atoms with Crippen molar-refractivity contribution >= 4 is 11.9 Å². The van der Waals surface area contributed by atoms with E-state index < -0.39 is 11.9 Å². The molecule has 0 N–H and O–H groups in total. The lowest BCUT2D eigenvalue weighted by molar-refractivity contribution is 0.0473. The third-order valence-electron chi connectivity index (χ3n) is 4.33. The summed E-state index contributed by atoms with van der Waals surface area (Å²) < 4.78 is 12.2. The van der Waals surface area contributed by atoms with Crippen molar-refractivity contribution in [3.8, 4) is 16.9 Å². The first-order valence-electron chi connectivity index (χ1n) is 9.29. The molecule has 0 fully saturated rings. The smallest absolute Gasteiger partial charge is 0.356 e. The van der Waals surface area contributed by atoms with Crippen molar-refractivity contribution in [1.82, 2.24) is 4.57 Å². The number of aryl methyl sites for hydroxylation is 1. The minimum Gasteiger partial charge on any atom is -0.462 e. The highest BCUT2D eigenvalue weighted by atomic mass is 16.5. The Labute approximate surface area is 164 Å². The summed E-state index contributed by atoms with van der Waals surface area (Å²) in [5, 5.41) is 0.